The van der Waals surface area contributed by atoms with Crippen LogP contribution < -0.4 is 0 Å². The predicted octanol–water partition coefficient (Wildman–Crippen LogP) is 3.33. The Bertz CT molecular complexity index is 569. The molecule has 1 aliphatic rings. The monoisotopic (exact) mass is 397 g/mol. The lowest BCUT2D eigenvalue weighted by Crippen LogP contribution is -2.36. The highest BCUT2D eigenvalue weighted by Gasteiger charge is 2.35. The van der Waals surface area contributed by atoms with E-state index in [0.29, 0.717) is 3.57 Å². The molecule has 0 spiro atoms. The minimum absolute atomic E-state index is 0.0139. The molecule has 20 heavy (non-hydrogen) atoms. The summed E-state index contributed by atoms with van der Waals surface area (Å²) in [6.45, 7) is -0.0443. The number of nitrogens with zero attached hydrogens (tertiary/aromatic N) is 1. The van der Waals surface area contributed by atoms with Crippen LogP contribution in [0.25, 0.3) is 0 Å². The summed E-state index contributed by atoms with van der Waals surface area (Å²) in [7, 11) is 0. The largest absolute Gasteiger partial charge is 0.507 e. The van der Waals surface area contributed by atoms with Crippen LogP contribution in [0.15, 0.2) is 29.8 Å². The minimum atomic E-state index is -4.32. The molecule has 3 nitrogen and oxygen atoms in total. The van der Waals surface area contributed by atoms with Gasteiger partial charge in [-0.05, 0) is 47.2 Å². The number of benzene rings is 1. The molecule has 1 amide bonds. The van der Waals surface area contributed by atoms with Crippen LogP contribution in [-0.4, -0.2) is 35.2 Å². The van der Waals surface area contributed by atoms with Crippen molar-refractivity contribution in [2.24, 2.45) is 0 Å². The number of hydrogen-bond donors (Lipinski definition) is 1. The molecule has 7 heteroatoms. The first-order chi connectivity index (χ1) is 9.29. The Morgan fingerprint density at radius 1 is 1.35 bits per heavy atom. The van der Waals surface area contributed by atoms with Crippen molar-refractivity contribution >= 4 is 28.5 Å². The van der Waals surface area contributed by atoms with Gasteiger partial charge in [0.15, 0.2) is 0 Å². The van der Waals surface area contributed by atoms with Gasteiger partial charge in [-0.3, -0.25) is 4.79 Å². The van der Waals surface area contributed by atoms with Crippen molar-refractivity contribution in [2.45, 2.75) is 12.6 Å². The van der Waals surface area contributed by atoms with E-state index in [4.69, 9.17) is 0 Å². The second-order valence-corrected chi connectivity index (χ2v) is 5.56. The Balaban J connectivity index is 2.12. The van der Waals surface area contributed by atoms with Crippen molar-refractivity contribution in [1.29, 1.82) is 0 Å². The standard InChI is InChI=1S/C13H11F3INO2/c14-13(15,16)9-3-5-18(6-4-9)12(20)8-1-2-10(17)11(19)7-8/h1-3,7,19H,4-6H2. The van der Waals surface area contributed by atoms with Crippen molar-refractivity contribution in [3.63, 3.8) is 0 Å². The highest BCUT2D eigenvalue weighted by atomic mass is 127. The van der Waals surface area contributed by atoms with E-state index in [9.17, 15) is 23.1 Å². The Morgan fingerprint density at radius 3 is 2.55 bits per heavy atom. The maximum absolute atomic E-state index is 12.5. The molecule has 0 atom stereocenters. The molecule has 108 valence electrons. The van der Waals surface area contributed by atoms with E-state index in [-0.39, 0.29) is 36.7 Å². The average molecular weight is 397 g/mol. The number of alkyl halides is 3. The summed E-state index contributed by atoms with van der Waals surface area (Å²) in [6, 6.07) is 4.46. The zero-order valence-corrected chi connectivity index (χ0v) is 12.4. The van der Waals surface area contributed by atoms with Gasteiger partial charge < -0.3 is 10.0 Å². The highest BCUT2D eigenvalue weighted by Crippen LogP contribution is 2.30. The van der Waals surface area contributed by atoms with Gasteiger partial charge in [0.1, 0.15) is 5.75 Å². The van der Waals surface area contributed by atoms with Gasteiger partial charge in [0.05, 0.1) is 3.57 Å². The summed E-state index contributed by atoms with van der Waals surface area (Å²) in [5.41, 5.74) is -0.321. The Labute approximate surface area is 127 Å². The van der Waals surface area contributed by atoms with Crippen molar-refractivity contribution in [1.82, 2.24) is 4.90 Å². The lowest BCUT2D eigenvalue weighted by atomic mass is 10.1. The summed E-state index contributed by atoms with van der Waals surface area (Å²) in [6.07, 6.45) is -3.49. The van der Waals surface area contributed by atoms with E-state index in [1.807, 2.05) is 22.6 Å². The van der Waals surface area contributed by atoms with Crippen LogP contribution in [0, 0.1) is 3.57 Å². The molecule has 0 bridgehead atoms. The third kappa shape index (κ3) is 3.25. The molecule has 0 saturated carbocycles. The van der Waals surface area contributed by atoms with Gasteiger partial charge in [0.25, 0.3) is 5.91 Å². The maximum Gasteiger partial charge on any atom is 0.412 e. The zero-order chi connectivity index (χ0) is 14.9. The molecule has 0 aliphatic carbocycles. The quantitative estimate of drug-likeness (QED) is 0.584. The molecule has 1 aromatic rings. The zero-order valence-electron chi connectivity index (χ0n) is 10.2. The Kier molecular flexibility index (Phi) is 4.26. The van der Waals surface area contributed by atoms with E-state index < -0.39 is 11.7 Å². The molecule has 1 heterocycles. The van der Waals surface area contributed by atoms with Crippen LogP contribution in [0.2, 0.25) is 0 Å². The van der Waals surface area contributed by atoms with Crippen molar-refractivity contribution in [3.05, 3.63) is 39.0 Å². The predicted molar refractivity (Wildman–Crippen MR) is 75.5 cm³/mol. The van der Waals surface area contributed by atoms with Crippen LogP contribution in [0.3, 0.4) is 0 Å². The first kappa shape index (κ1) is 15.1. The molecule has 1 aromatic carbocycles. The number of halogens is 4. The molecule has 0 fully saturated rings. The van der Waals surface area contributed by atoms with Crippen LogP contribution in [0.5, 0.6) is 5.75 Å². The molecule has 0 aromatic heterocycles. The molecule has 0 radical (unpaired) electrons. The van der Waals surface area contributed by atoms with Crippen LogP contribution in [0.1, 0.15) is 16.8 Å². The van der Waals surface area contributed by atoms with E-state index in [1.54, 1.807) is 12.1 Å². The average Bonchev–Trinajstić information content (AvgIpc) is 2.40. The van der Waals surface area contributed by atoms with Crippen LogP contribution >= 0.6 is 22.6 Å². The lowest BCUT2D eigenvalue weighted by Gasteiger charge is -2.27. The fourth-order valence-electron chi connectivity index (χ4n) is 1.94. The van der Waals surface area contributed by atoms with Crippen LogP contribution in [0.4, 0.5) is 13.2 Å². The second kappa shape index (κ2) is 5.63. The van der Waals surface area contributed by atoms with E-state index in [2.05, 4.69) is 0 Å². The number of carbonyl (C=O) groups excluding carboxylic acids is 1. The van der Waals surface area contributed by atoms with E-state index >= 15 is 0 Å². The summed E-state index contributed by atoms with van der Waals surface area (Å²) < 4.78 is 38.1. The maximum atomic E-state index is 12.5. The number of phenolic OH excluding ortho intramolecular Hbond substituents is 1. The molecule has 0 saturated heterocycles. The molecule has 2 rings (SSSR count). The van der Waals surface area contributed by atoms with Gasteiger partial charge in [-0.2, -0.15) is 13.2 Å². The number of phenols is 1. The number of rotatable bonds is 1. The first-order valence-electron chi connectivity index (χ1n) is 5.83. The molecule has 1 N–H and O–H groups in total. The first-order valence-corrected chi connectivity index (χ1v) is 6.91. The van der Waals surface area contributed by atoms with Crippen LogP contribution in [-0.2, 0) is 0 Å². The number of hydrogen-bond acceptors (Lipinski definition) is 2. The molecule has 0 unspecified atom stereocenters. The smallest absolute Gasteiger partial charge is 0.412 e. The number of carbonyl (C=O) groups is 1. The van der Waals surface area contributed by atoms with E-state index in [0.717, 1.165) is 6.08 Å². The van der Waals surface area contributed by atoms with Gasteiger partial charge in [0.2, 0.25) is 0 Å². The number of aromatic hydroxyl groups is 1. The van der Waals surface area contributed by atoms with Crippen molar-refractivity contribution < 1.29 is 23.1 Å². The Hall–Kier alpha value is -1.25. The second-order valence-electron chi connectivity index (χ2n) is 4.39. The molecule has 1 aliphatic heterocycles. The third-order valence-corrected chi connectivity index (χ3v) is 3.97. The topological polar surface area (TPSA) is 40.5 Å². The van der Waals surface area contributed by atoms with Gasteiger partial charge in [0, 0.05) is 24.2 Å². The fraction of sp³-hybridized carbons (Fsp3) is 0.308. The van der Waals surface area contributed by atoms with Crippen molar-refractivity contribution in [2.75, 3.05) is 13.1 Å². The SMILES string of the molecule is O=C(c1ccc(I)c(O)c1)N1CC=C(C(F)(F)F)CC1. The summed E-state index contributed by atoms with van der Waals surface area (Å²) >= 11 is 1.92. The summed E-state index contributed by atoms with van der Waals surface area (Å²) in [5, 5.41) is 9.56. The summed E-state index contributed by atoms with van der Waals surface area (Å²) in [4.78, 5) is 13.5. The Morgan fingerprint density at radius 2 is 2.05 bits per heavy atom. The highest BCUT2D eigenvalue weighted by molar-refractivity contribution is 14.1. The summed E-state index contributed by atoms with van der Waals surface area (Å²) in [5.74, 6) is -0.394. The van der Waals surface area contributed by atoms with Gasteiger partial charge in [-0.25, -0.2) is 0 Å². The lowest BCUT2D eigenvalue weighted by molar-refractivity contribution is -0.0957. The van der Waals surface area contributed by atoms with E-state index in [1.165, 1.54) is 11.0 Å². The third-order valence-electron chi connectivity index (χ3n) is 3.05. The van der Waals surface area contributed by atoms with Crippen molar-refractivity contribution in [3.8, 4) is 5.75 Å². The van der Waals surface area contributed by atoms with Gasteiger partial charge in [-0.15, -0.1) is 0 Å². The van der Waals surface area contributed by atoms with Gasteiger partial charge in [-0.1, -0.05) is 6.08 Å². The molecular weight excluding hydrogens is 386 g/mol. The fourth-order valence-corrected chi connectivity index (χ4v) is 2.27. The minimum Gasteiger partial charge on any atom is -0.507 e. The number of amides is 1. The molecular formula is C13H11F3INO2. The van der Waals surface area contributed by atoms with Gasteiger partial charge >= 0.3 is 6.18 Å². The normalized spacial score (nSPS) is 16.0.